The number of halogens is 5. The summed E-state index contributed by atoms with van der Waals surface area (Å²) in [6.07, 6.45) is -4.04. The number of amides is 1. The second-order valence-electron chi connectivity index (χ2n) is 7.81. The Bertz CT molecular complexity index is 1250. The highest BCUT2D eigenvalue weighted by atomic mass is 35.5. The van der Waals surface area contributed by atoms with Crippen molar-refractivity contribution < 1.29 is 27.4 Å². The fourth-order valence-corrected chi connectivity index (χ4v) is 4.50. The van der Waals surface area contributed by atoms with Gasteiger partial charge < -0.3 is 14.4 Å². The van der Waals surface area contributed by atoms with Gasteiger partial charge in [-0.2, -0.15) is 13.2 Å². The molecule has 0 N–H and O–H groups in total. The number of carbonyl (C=O) groups excluding carboxylic acids is 1. The van der Waals surface area contributed by atoms with Gasteiger partial charge in [0.25, 0.3) is 5.91 Å². The number of alkyl halides is 3. The molecule has 1 aliphatic heterocycles. The molecular formula is C25H20Cl2F3NO3. The first-order valence-corrected chi connectivity index (χ1v) is 11.1. The molecule has 0 radical (unpaired) electrons. The minimum absolute atomic E-state index is 0.215. The Balaban J connectivity index is 1.89. The fourth-order valence-electron chi connectivity index (χ4n) is 4.20. The van der Waals surface area contributed by atoms with Gasteiger partial charge in [-0.25, -0.2) is 0 Å². The van der Waals surface area contributed by atoms with E-state index in [0.717, 1.165) is 17.7 Å². The van der Waals surface area contributed by atoms with Gasteiger partial charge in [-0.05, 0) is 65.6 Å². The number of hydrogen-bond donors (Lipinski definition) is 0. The number of nitrogens with zero attached hydrogens (tertiary/aromatic N) is 1. The van der Waals surface area contributed by atoms with Crippen molar-refractivity contribution in [1.82, 2.24) is 4.90 Å². The number of fused-ring (bicyclic) bond motifs is 1. The van der Waals surface area contributed by atoms with Gasteiger partial charge in [0.05, 0.1) is 35.9 Å². The van der Waals surface area contributed by atoms with Gasteiger partial charge in [0.1, 0.15) is 0 Å². The van der Waals surface area contributed by atoms with Crippen molar-refractivity contribution >= 4 is 29.1 Å². The summed E-state index contributed by atoms with van der Waals surface area (Å²) in [6, 6.07) is 12.3. The summed E-state index contributed by atoms with van der Waals surface area (Å²) < 4.78 is 51.3. The highest BCUT2D eigenvalue weighted by Crippen LogP contribution is 2.43. The molecule has 0 aliphatic carbocycles. The standard InChI is InChI=1S/C25H20Cl2F3NO3/c1-33-21-12-14-8-9-31(24(32)16-6-7-19(26)20(27)11-16)23(18(14)13-22(21)34-2)15-4-3-5-17(10-15)25(28,29)30/h3-7,10-13,23H,8-9H2,1-2H3/t23-/m0/s1. The summed E-state index contributed by atoms with van der Waals surface area (Å²) in [4.78, 5) is 15.1. The van der Waals surface area contributed by atoms with Crippen molar-refractivity contribution in [3.05, 3.63) is 92.5 Å². The van der Waals surface area contributed by atoms with Crippen LogP contribution in [0.3, 0.4) is 0 Å². The molecule has 9 heteroatoms. The topological polar surface area (TPSA) is 38.8 Å². The van der Waals surface area contributed by atoms with E-state index in [1.165, 1.54) is 32.4 Å². The van der Waals surface area contributed by atoms with Gasteiger partial charge >= 0.3 is 6.18 Å². The Hall–Kier alpha value is -2.90. The average Bonchev–Trinajstić information content (AvgIpc) is 2.83. The van der Waals surface area contributed by atoms with Gasteiger partial charge in [0.15, 0.2) is 11.5 Å². The minimum Gasteiger partial charge on any atom is -0.493 e. The van der Waals surface area contributed by atoms with Crippen LogP contribution in [-0.4, -0.2) is 31.6 Å². The van der Waals surface area contributed by atoms with E-state index in [1.807, 2.05) is 0 Å². The van der Waals surface area contributed by atoms with Crippen LogP contribution in [0.2, 0.25) is 10.0 Å². The molecule has 0 spiro atoms. The number of methoxy groups -OCH3 is 2. The van der Waals surface area contributed by atoms with Crippen molar-refractivity contribution in [3.8, 4) is 11.5 Å². The molecule has 1 heterocycles. The first-order valence-electron chi connectivity index (χ1n) is 10.3. The lowest BCUT2D eigenvalue weighted by atomic mass is 9.86. The Morgan fingerprint density at radius 1 is 0.971 bits per heavy atom. The van der Waals surface area contributed by atoms with E-state index in [0.29, 0.717) is 34.1 Å². The van der Waals surface area contributed by atoms with Crippen LogP contribution in [0, 0.1) is 0 Å². The largest absolute Gasteiger partial charge is 0.493 e. The normalized spacial score (nSPS) is 15.6. The molecule has 3 aromatic rings. The van der Waals surface area contributed by atoms with Crippen LogP contribution < -0.4 is 9.47 Å². The second-order valence-corrected chi connectivity index (χ2v) is 8.62. The van der Waals surface area contributed by atoms with E-state index in [2.05, 4.69) is 0 Å². The highest BCUT2D eigenvalue weighted by molar-refractivity contribution is 6.42. The van der Waals surface area contributed by atoms with Crippen LogP contribution in [0.1, 0.15) is 38.7 Å². The molecular weight excluding hydrogens is 490 g/mol. The molecule has 4 nitrogen and oxygen atoms in total. The average molecular weight is 510 g/mol. The highest BCUT2D eigenvalue weighted by Gasteiger charge is 2.36. The maximum Gasteiger partial charge on any atom is 0.416 e. The first kappa shape index (κ1) is 24.2. The van der Waals surface area contributed by atoms with Gasteiger partial charge in [0.2, 0.25) is 0 Å². The van der Waals surface area contributed by atoms with Crippen molar-refractivity contribution in [2.75, 3.05) is 20.8 Å². The summed E-state index contributed by atoms with van der Waals surface area (Å²) in [6.45, 7) is 0.280. The number of rotatable bonds is 4. The van der Waals surface area contributed by atoms with Crippen LogP contribution in [0.4, 0.5) is 13.2 Å². The van der Waals surface area contributed by atoms with Crippen LogP contribution in [0.25, 0.3) is 0 Å². The van der Waals surface area contributed by atoms with Crippen LogP contribution in [0.15, 0.2) is 54.6 Å². The van der Waals surface area contributed by atoms with Crippen molar-refractivity contribution in [2.45, 2.75) is 18.6 Å². The lowest BCUT2D eigenvalue weighted by Gasteiger charge is -2.38. The Morgan fingerprint density at radius 3 is 2.32 bits per heavy atom. The summed E-state index contributed by atoms with van der Waals surface area (Å²) in [7, 11) is 2.99. The van der Waals surface area contributed by atoms with E-state index in [9.17, 15) is 18.0 Å². The minimum atomic E-state index is -4.52. The molecule has 1 aliphatic rings. The number of carbonyl (C=O) groups is 1. The molecule has 0 saturated carbocycles. The summed E-state index contributed by atoms with van der Waals surface area (Å²) in [5.41, 5.74) is 1.35. The zero-order chi connectivity index (χ0) is 24.6. The second kappa shape index (κ2) is 9.39. The van der Waals surface area contributed by atoms with E-state index in [1.54, 1.807) is 29.2 Å². The predicted octanol–water partition coefficient (Wildman–Crippen LogP) is 6.82. The third-order valence-electron chi connectivity index (χ3n) is 5.83. The molecule has 0 unspecified atom stereocenters. The van der Waals surface area contributed by atoms with Crippen LogP contribution in [0.5, 0.6) is 11.5 Å². The molecule has 1 amide bonds. The number of ether oxygens (including phenoxy) is 2. The predicted molar refractivity (Wildman–Crippen MR) is 124 cm³/mol. The monoisotopic (exact) mass is 509 g/mol. The van der Waals surface area contributed by atoms with Crippen molar-refractivity contribution in [1.29, 1.82) is 0 Å². The SMILES string of the molecule is COc1cc2c(cc1OC)[C@H](c1cccc(C(F)(F)F)c1)N(C(=O)c1ccc(Cl)c(Cl)c1)CC2. The van der Waals surface area contributed by atoms with Crippen molar-refractivity contribution in [2.24, 2.45) is 0 Å². The molecule has 0 saturated heterocycles. The molecule has 3 aromatic carbocycles. The summed E-state index contributed by atoms with van der Waals surface area (Å²) in [5.74, 6) is 0.553. The Labute approximate surface area is 204 Å². The molecule has 34 heavy (non-hydrogen) atoms. The number of hydrogen-bond acceptors (Lipinski definition) is 3. The fraction of sp³-hybridized carbons (Fsp3) is 0.240. The quantitative estimate of drug-likeness (QED) is 0.387. The number of benzene rings is 3. The third-order valence-corrected chi connectivity index (χ3v) is 6.57. The molecule has 0 fully saturated rings. The van der Waals surface area contributed by atoms with Crippen LogP contribution in [-0.2, 0) is 12.6 Å². The van der Waals surface area contributed by atoms with Gasteiger partial charge in [-0.15, -0.1) is 0 Å². The van der Waals surface area contributed by atoms with Gasteiger partial charge in [0, 0.05) is 12.1 Å². The lowest BCUT2D eigenvalue weighted by molar-refractivity contribution is -0.137. The molecule has 178 valence electrons. The zero-order valence-electron chi connectivity index (χ0n) is 18.2. The van der Waals surface area contributed by atoms with Crippen molar-refractivity contribution in [3.63, 3.8) is 0 Å². The summed E-state index contributed by atoms with van der Waals surface area (Å²) in [5, 5.41) is 0.514. The summed E-state index contributed by atoms with van der Waals surface area (Å²) >= 11 is 12.1. The van der Waals surface area contributed by atoms with Gasteiger partial charge in [-0.1, -0.05) is 35.3 Å². The van der Waals surface area contributed by atoms with E-state index in [-0.39, 0.29) is 23.0 Å². The van der Waals surface area contributed by atoms with Crippen LogP contribution >= 0.6 is 23.2 Å². The first-order chi connectivity index (χ1) is 16.1. The van der Waals surface area contributed by atoms with E-state index >= 15 is 0 Å². The smallest absolute Gasteiger partial charge is 0.416 e. The molecule has 0 bridgehead atoms. The van der Waals surface area contributed by atoms with E-state index < -0.39 is 17.8 Å². The maximum atomic E-state index is 13.6. The Morgan fingerprint density at radius 2 is 1.68 bits per heavy atom. The van der Waals surface area contributed by atoms with Gasteiger partial charge in [-0.3, -0.25) is 4.79 Å². The molecule has 1 atom stereocenters. The Kier molecular flexibility index (Phi) is 6.69. The third kappa shape index (κ3) is 4.55. The lowest BCUT2D eigenvalue weighted by Crippen LogP contribution is -2.40. The van der Waals surface area contributed by atoms with E-state index in [4.69, 9.17) is 32.7 Å². The molecule has 0 aromatic heterocycles. The molecule has 4 rings (SSSR count). The maximum absolute atomic E-state index is 13.6. The zero-order valence-corrected chi connectivity index (χ0v) is 19.8.